The molecule has 13 rings (SSSR count). The topological polar surface area (TPSA) is 0 Å². The quantitative estimate of drug-likeness (QED) is 0.117. The first-order valence-electron chi connectivity index (χ1n) is 20.3. The predicted octanol–water partition coefficient (Wildman–Crippen LogP) is 11.8. The summed E-state index contributed by atoms with van der Waals surface area (Å²) in [4.78, 5) is 0. The van der Waals surface area contributed by atoms with E-state index in [4.69, 9.17) is 0 Å². The van der Waals surface area contributed by atoms with Gasteiger partial charge in [-0.3, -0.25) is 0 Å². The van der Waals surface area contributed by atoms with Gasteiger partial charge in [-0.05, 0) is 94.6 Å². The summed E-state index contributed by atoms with van der Waals surface area (Å²) in [5, 5.41) is 8.37. The third kappa shape index (κ3) is 4.86. The zero-order valence-electron chi connectivity index (χ0n) is 31.8. The van der Waals surface area contributed by atoms with Crippen LogP contribution in [0, 0.1) is 0 Å². The molecule has 3 aliphatic carbocycles. The van der Waals surface area contributed by atoms with Gasteiger partial charge < -0.3 is 0 Å². The van der Waals surface area contributed by atoms with Crippen molar-refractivity contribution in [2.24, 2.45) is 0 Å². The Kier molecular flexibility index (Phi) is 7.66. The highest BCUT2D eigenvalue weighted by atomic mass is 32.1. The van der Waals surface area contributed by atoms with Crippen molar-refractivity contribution < 1.29 is 0 Å². The fourth-order valence-corrected chi connectivity index (χ4v) is 16.8. The summed E-state index contributed by atoms with van der Waals surface area (Å²) in [5.41, 5.74) is 13.9. The Morgan fingerprint density at radius 3 is 1.64 bits per heavy atom. The number of benzene rings is 9. The van der Waals surface area contributed by atoms with Gasteiger partial charge in [-0.25, -0.2) is 0 Å². The molecule has 0 N–H and O–H groups in total. The Balaban J connectivity index is 1.17. The second-order valence-electron chi connectivity index (χ2n) is 15.8. The molecule has 0 fully saturated rings. The molecule has 0 amide bonds. The average Bonchev–Trinajstić information content (AvgIpc) is 3.68. The second kappa shape index (κ2) is 13.2. The molecule has 2 bridgehead atoms. The molecular weight excluding hydrogens is 733 g/mol. The molecular formula is C56H38SSi. The minimum absolute atomic E-state index is 0.0742. The van der Waals surface area contributed by atoms with Crippen LogP contribution in [0.15, 0.2) is 218 Å². The molecule has 0 saturated heterocycles. The number of thiophene rings is 1. The molecule has 0 saturated carbocycles. The van der Waals surface area contributed by atoms with Gasteiger partial charge in [0.05, 0.1) is 0 Å². The van der Waals surface area contributed by atoms with Crippen molar-refractivity contribution in [3.05, 3.63) is 252 Å². The normalized spacial score (nSPS) is 15.2. The summed E-state index contributed by atoms with van der Waals surface area (Å²) >= 11 is 1.89. The van der Waals surface area contributed by atoms with Crippen LogP contribution in [0.25, 0.3) is 42.4 Å². The van der Waals surface area contributed by atoms with E-state index in [1.165, 1.54) is 96.6 Å². The first-order chi connectivity index (χ1) is 28.8. The Morgan fingerprint density at radius 1 is 0.328 bits per heavy atom. The maximum absolute atomic E-state index is 2.98. The van der Waals surface area contributed by atoms with E-state index in [0.717, 1.165) is 0 Å². The van der Waals surface area contributed by atoms with Crippen molar-refractivity contribution >= 4 is 60.3 Å². The van der Waals surface area contributed by atoms with Gasteiger partial charge in [-0.15, -0.1) is 11.3 Å². The van der Waals surface area contributed by atoms with Gasteiger partial charge in [-0.1, -0.05) is 200 Å². The highest BCUT2D eigenvalue weighted by Crippen LogP contribution is 2.57. The smallest absolute Gasteiger partial charge is 0.135 e. The largest absolute Gasteiger partial charge is 0.179 e. The highest BCUT2D eigenvalue weighted by Gasteiger charge is 2.49. The molecule has 3 aliphatic rings. The summed E-state index contributed by atoms with van der Waals surface area (Å²) in [6.45, 7) is 0. The van der Waals surface area contributed by atoms with Gasteiger partial charge in [-0.2, -0.15) is 0 Å². The fraction of sp³-hybridized carbons (Fsp3) is 0.0357. The first kappa shape index (κ1) is 33.5. The van der Waals surface area contributed by atoms with Crippen LogP contribution < -0.4 is 20.7 Å². The van der Waals surface area contributed by atoms with Crippen LogP contribution in [0.5, 0.6) is 0 Å². The van der Waals surface area contributed by atoms with Crippen molar-refractivity contribution in [1.29, 1.82) is 0 Å². The summed E-state index contributed by atoms with van der Waals surface area (Å²) in [6, 6.07) is 83.1. The Bertz CT molecular complexity index is 3140. The van der Waals surface area contributed by atoms with Gasteiger partial charge in [0.2, 0.25) is 0 Å². The molecule has 272 valence electrons. The van der Waals surface area contributed by atoms with Crippen molar-refractivity contribution in [1.82, 2.24) is 0 Å². The average molecular weight is 771 g/mol. The van der Waals surface area contributed by atoms with E-state index >= 15 is 0 Å². The molecule has 0 aliphatic heterocycles. The van der Waals surface area contributed by atoms with Gasteiger partial charge in [0, 0.05) is 32.0 Å². The minimum Gasteiger partial charge on any atom is -0.135 e. The lowest BCUT2D eigenvalue weighted by molar-refractivity contribution is 0.760. The molecule has 9 aromatic carbocycles. The number of hydrogen-bond acceptors (Lipinski definition) is 1. The van der Waals surface area contributed by atoms with Gasteiger partial charge in [0.15, 0.2) is 8.07 Å². The SMILES string of the molecule is c1ccc(-c2cccc([Si](c3ccccc3)(c3ccccc3)c3cccc4c3C3c5ccccc5C4c4cccc(-c5ccc6sc7ccccc7c6c5)c43)c2)cc1. The van der Waals surface area contributed by atoms with Crippen LogP contribution in [-0.4, -0.2) is 8.07 Å². The Labute approximate surface area is 344 Å². The number of rotatable bonds is 6. The second-order valence-corrected chi connectivity index (χ2v) is 20.7. The molecule has 0 radical (unpaired) electrons. The molecule has 1 aromatic heterocycles. The molecule has 2 unspecified atom stereocenters. The van der Waals surface area contributed by atoms with Crippen LogP contribution in [0.4, 0.5) is 0 Å². The maximum atomic E-state index is 2.51. The van der Waals surface area contributed by atoms with Crippen molar-refractivity contribution in [3.8, 4) is 22.3 Å². The Hall–Kier alpha value is -6.58. The van der Waals surface area contributed by atoms with E-state index in [1.807, 2.05) is 11.3 Å². The maximum Gasteiger partial charge on any atom is 0.179 e. The monoisotopic (exact) mass is 770 g/mol. The van der Waals surface area contributed by atoms with Crippen molar-refractivity contribution in [2.75, 3.05) is 0 Å². The van der Waals surface area contributed by atoms with Crippen molar-refractivity contribution in [2.45, 2.75) is 11.8 Å². The summed E-state index contributed by atoms with van der Waals surface area (Å²) in [7, 11) is -2.98. The van der Waals surface area contributed by atoms with Crippen LogP contribution in [0.2, 0.25) is 0 Å². The summed E-state index contributed by atoms with van der Waals surface area (Å²) < 4.78 is 2.68. The van der Waals surface area contributed by atoms with Crippen LogP contribution in [-0.2, 0) is 0 Å². The fourth-order valence-electron chi connectivity index (χ4n) is 10.7. The van der Waals surface area contributed by atoms with Crippen LogP contribution in [0.1, 0.15) is 45.2 Å². The summed E-state index contributed by atoms with van der Waals surface area (Å²) in [6.07, 6.45) is 0. The molecule has 10 aromatic rings. The lowest BCUT2D eigenvalue weighted by Crippen LogP contribution is -2.75. The number of fused-ring (bicyclic) bond motifs is 3. The van der Waals surface area contributed by atoms with Gasteiger partial charge >= 0.3 is 0 Å². The molecule has 1 heterocycles. The van der Waals surface area contributed by atoms with E-state index in [9.17, 15) is 0 Å². The van der Waals surface area contributed by atoms with E-state index < -0.39 is 8.07 Å². The lowest BCUT2D eigenvalue weighted by Gasteiger charge is -2.47. The molecule has 0 nitrogen and oxygen atoms in total. The zero-order chi connectivity index (χ0) is 38.2. The molecule has 58 heavy (non-hydrogen) atoms. The molecule has 2 heteroatoms. The van der Waals surface area contributed by atoms with E-state index in [-0.39, 0.29) is 11.8 Å². The summed E-state index contributed by atoms with van der Waals surface area (Å²) in [5.74, 6) is 0.218. The van der Waals surface area contributed by atoms with E-state index in [0.29, 0.717) is 0 Å². The van der Waals surface area contributed by atoms with Crippen molar-refractivity contribution in [3.63, 3.8) is 0 Å². The standard InChI is InChI=1S/C56H38SSi/c1-4-17-37(18-5-1)38-19-14-24-42(35-38)58(40-20-6-2-7-21-40,41-22-8-3-9-23-41)52-32-16-30-48-53-45-26-10-11-27-46(45)56(55(48)52)54-43(28-15-29-47(53)54)39-33-34-51-49(36-39)44-25-12-13-31-50(44)57-51/h1-36,53,56H. The zero-order valence-corrected chi connectivity index (χ0v) is 33.7. The highest BCUT2D eigenvalue weighted by molar-refractivity contribution is 7.25. The third-order valence-electron chi connectivity index (χ3n) is 13.0. The van der Waals surface area contributed by atoms with Crippen LogP contribution >= 0.6 is 11.3 Å². The number of hydrogen-bond donors (Lipinski definition) is 0. The molecule has 2 atom stereocenters. The first-order valence-corrected chi connectivity index (χ1v) is 23.1. The van der Waals surface area contributed by atoms with Crippen LogP contribution in [0.3, 0.4) is 0 Å². The Morgan fingerprint density at radius 2 is 0.879 bits per heavy atom. The van der Waals surface area contributed by atoms with Gasteiger partial charge in [0.1, 0.15) is 0 Å². The molecule has 0 spiro atoms. The lowest BCUT2D eigenvalue weighted by atomic mass is 9.60. The van der Waals surface area contributed by atoms with E-state index in [1.54, 1.807) is 0 Å². The predicted molar refractivity (Wildman–Crippen MR) is 249 cm³/mol. The van der Waals surface area contributed by atoms with Gasteiger partial charge in [0.25, 0.3) is 0 Å². The van der Waals surface area contributed by atoms with E-state index in [2.05, 4.69) is 218 Å². The minimum atomic E-state index is -2.98. The third-order valence-corrected chi connectivity index (χ3v) is 19.0.